The van der Waals surface area contributed by atoms with Crippen molar-refractivity contribution in [1.29, 1.82) is 0 Å². The molecule has 2 rings (SSSR count). The Labute approximate surface area is 147 Å². The Morgan fingerprint density at radius 3 is 2.20 bits per heavy atom. The van der Waals surface area contributed by atoms with Gasteiger partial charge in [-0.15, -0.1) is 0 Å². The Hall–Kier alpha value is -2.70. The zero-order valence-corrected chi connectivity index (χ0v) is 15.5. The van der Waals surface area contributed by atoms with E-state index in [-0.39, 0.29) is 11.8 Å². The van der Waals surface area contributed by atoms with Crippen molar-refractivity contribution in [3.63, 3.8) is 0 Å². The van der Waals surface area contributed by atoms with Gasteiger partial charge in [0.2, 0.25) is 0 Å². The molecule has 0 saturated heterocycles. The first-order valence-electron chi connectivity index (χ1n) is 7.92. The lowest BCUT2D eigenvalue weighted by Gasteiger charge is -2.19. The summed E-state index contributed by atoms with van der Waals surface area (Å²) in [6.07, 6.45) is 0. The van der Waals surface area contributed by atoms with Crippen LogP contribution in [-0.4, -0.2) is 44.3 Å². The number of benzene rings is 1. The quantitative estimate of drug-likeness (QED) is 0.765. The summed E-state index contributed by atoms with van der Waals surface area (Å²) in [5, 5.41) is 4.01. The van der Waals surface area contributed by atoms with Gasteiger partial charge in [-0.2, -0.15) is 0 Å². The molecule has 2 aromatic rings. The Morgan fingerprint density at radius 2 is 1.68 bits per heavy atom. The molecule has 0 aliphatic rings. The number of amides is 1. The van der Waals surface area contributed by atoms with Crippen LogP contribution in [0.2, 0.25) is 0 Å². The summed E-state index contributed by atoms with van der Waals surface area (Å²) in [4.78, 5) is 14.4. The number of aromatic nitrogens is 1. The second-order valence-electron chi connectivity index (χ2n) is 5.94. The van der Waals surface area contributed by atoms with Gasteiger partial charge in [0.25, 0.3) is 5.91 Å². The first-order chi connectivity index (χ1) is 11.9. The third-order valence-electron chi connectivity index (χ3n) is 3.84. The lowest BCUT2D eigenvalue weighted by atomic mass is 10.1. The first kappa shape index (κ1) is 18.6. The van der Waals surface area contributed by atoms with Gasteiger partial charge in [-0.05, 0) is 5.92 Å². The molecule has 0 fully saturated rings. The number of carbonyl (C=O) groups excluding carboxylic acids is 1. The van der Waals surface area contributed by atoms with Crippen LogP contribution in [0, 0.1) is 0 Å². The largest absolute Gasteiger partial charge is 0.496 e. The van der Waals surface area contributed by atoms with Crippen molar-refractivity contribution in [3.05, 3.63) is 35.2 Å². The van der Waals surface area contributed by atoms with Crippen LogP contribution in [0.4, 0.5) is 0 Å². The molecular weight excluding hydrogens is 324 g/mol. The van der Waals surface area contributed by atoms with Crippen LogP contribution in [0.25, 0.3) is 0 Å². The number of hydrogen-bond acceptors (Lipinski definition) is 6. The highest BCUT2D eigenvalue weighted by Crippen LogP contribution is 2.35. The van der Waals surface area contributed by atoms with Crippen molar-refractivity contribution < 1.29 is 23.5 Å². The van der Waals surface area contributed by atoms with Crippen LogP contribution in [0.15, 0.2) is 22.7 Å². The molecule has 0 atom stereocenters. The lowest BCUT2D eigenvalue weighted by Crippen LogP contribution is -2.26. The highest BCUT2D eigenvalue weighted by atomic mass is 16.5. The normalized spacial score (nSPS) is 10.7. The number of methoxy groups -OCH3 is 3. The van der Waals surface area contributed by atoms with Gasteiger partial charge in [0.05, 0.1) is 39.1 Å². The van der Waals surface area contributed by atoms with Gasteiger partial charge < -0.3 is 23.6 Å². The van der Waals surface area contributed by atoms with Gasteiger partial charge in [-0.25, -0.2) is 0 Å². The topological polar surface area (TPSA) is 74.0 Å². The molecule has 7 heteroatoms. The maximum atomic E-state index is 12.8. The summed E-state index contributed by atoms with van der Waals surface area (Å²) >= 11 is 0. The fourth-order valence-corrected chi connectivity index (χ4v) is 2.38. The Balaban J connectivity index is 2.25. The molecule has 0 N–H and O–H groups in total. The summed E-state index contributed by atoms with van der Waals surface area (Å²) in [7, 11) is 6.24. The molecule has 7 nitrogen and oxygen atoms in total. The van der Waals surface area contributed by atoms with Gasteiger partial charge >= 0.3 is 0 Å². The molecule has 1 heterocycles. The third-order valence-corrected chi connectivity index (χ3v) is 3.84. The number of ether oxygens (including phenoxy) is 3. The SMILES string of the molecule is COc1cc(OC)c(C(=O)N(C)Cc2cc(C(C)C)no2)cc1OC. The molecule has 0 bridgehead atoms. The molecule has 0 aliphatic heterocycles. The van der Waals surface area contributed by atoms with E-state index in [0.29, 0.717) is 35.1 Å². The molecule has 25 heavy (non-hydrogen) atoms. The summed E-state index contributed by atoms with van der Waals surface area (Å²) in [5.74, 6) is 2.04. The maximum absolute atomic E-state index is 12.8. The van der Waals surface area contributed by atoms with Crippen LogP contribution in [0.1, 0.15) is 41.6 Å². The predicted octanol–water partition coefficient (Wildman–Crippen LogP) is 3.10. The molecule has 0 aliphatic carbocycles. The molecule has 0 saturated carbocycles. The Kier molecular flexibility index (Phi) is 5.90. The molecule has 0 spiro atoms. The monoisotopic (exact) mass is 348 g/mol. The van der Waals surface area contributed by atoms with Crippen molar-refractivity contribution in [3.8, 4) is 17.2 Å². The smallest absolute Gasteiger partial charge is 0.257 e. The molecule has 1 aromatic carbocycles. The van der Waals surface area contributed by atoms with E-state index in [1.54, 1.807) is 19.2 Å². The summed E-state index contributed by atoms with van der Waals surface area (Å²) in [6, 6.07) is 5.10. The van der Waals surface area contributed by atoms with E-state index in [1.807, 2.05) is 19.9 Å². The van der Waals surface area contributed by atoms with Crippen LogP contribution in [0.5, 0.6) is 17.2 Å². The zero-order valence-electron chi connectivity index (χ0n) is 15.5. The second kappa shape index (κ2) is 7.92. The number of rotatable bonds is 7. The Bertz CT molecular complexity index is 739. The summed E-state index contributed by atoms with van der Waals surface area (Å²) < 4.78 is 21.1. The van der Waals surface area contributed by atoms with E-state index in [1.165, 1.54) is 26.2 Å². The Morgan fingerprint density at radius 1 is 1.08 bits per heavy atom. The van der Waals surface area contributed by atoms with Crippen molar-refractivity contribution in [2.75, 3.05) is 28.4 Å². The van der Waals surface area contributed by atoms with Crippen molar-refractivity contribution in [2.24, 2.45) is 0 Å². The molecule has 1 amide bonds. The fourth-order valence-electron chi connectivity index (χ4n) is 2.38. The van der Waals surface area contributed by atoms with Crippen molar-refractivity contribution >= 4 is 5.91 Å². The highest BCUT2D eigenvalue weighted by molar-refractivity contribution is 5.97. The van der Waals surface area contributed by atoms with E-state index in [4.69, 9.17) is 18.7 Å². The van der Waals surface area contributed by atoms with E-state index >= 15 is 0 Å². The van der Waals surface area contributed by atoms with Crippen molar-refractivity contribution in [2.45, 2.75) is 26.3 Å². The number of carbonyl (C=O) groups is 1. The van der Waals surface area contributed by atoms with Crippen LogP contribution in [0.3, 0.4) is 0 Å². The third kappa shape index (κ3) is 4.04. The molecule has 0 unspecified atom stereocenters. The lowest BCUT2D eigenvalue weighted by molar-refractivity contribution is 0.0768. The van der Waals surface area contributed by atoms with Gasteiger partial charge in [0.1, 0.15) is 5.75 Å². The number of hydrogen-bond donors (Lipinski definition) is 0. The van der Waals surface area contributed by atoms with Gasteiger partial charge in [0.15, 0.2) is 17.3 Å². The van der Waals surface area contributed by atoms with Crippen molar-refractivity contribution in [1.82, 2.24) is 10.1 Å². The van der Waals surface area contributed by atoms with Gasteiger partial charge in [-0.3, -0.25) is 4.79 Å². The zero-order chi connectivity index (χ0) is 18.6. The van der Waals surface area contributed by atoms with E-state index in [2.05, 4.69) is 5.16 Å². The summed E-state index contributed by atoms with van der Waals surface area (Å²) in [5.41, 5.74) is 1.24. The minimum atomic E-state index is -0.222. The van der Waals surface area contributed by atoms with Crippen LogP contribution >= 0.6 is 0 Å². The second-order valence-corrected chi connectivity index (χ2v) is 5.94. The fraction of sp³-hybridized carbons (Fsp3) is 0.444. The van der Waals surface area contributed by atoms with E-state index < -0.39 is 0 Å². The van der Waals surface area contributed by atoms with Crippen LogP contribution in [-0.2, 0) is 6.54 Å². The van der Waals surface area contributed by atoms with Gasteiger partial charge in [0, 0.05) is 25.2 Å². The predicted molar refractivity (Wildman–Crippen MR) is 92.5 cm³/mol. The molecule has 136 valence electrons. The van der Waals surface area contributed by atoms with E-state index in [0.717, 1.165) is 5.69 Å². The molecular formula is C18H24N2O5. The maximum Gasteiger partial charge on any atom is 0.257 e. The minimum Gasteiger partial charge on any atom is -0.496 e. The summed E-state index contributed by atoms with van der Waals surface area (Å²) in [6.45, 7) is 4.37. The van der Waals surface area contributed by atoms with Crippen LogP contribution < -0.4 is 14.2 Å². The average Bonchev–Trinajstić information content (AvgIpc) is 3.08. The number of nitrogens with zero attached hydrogens (tertiary/aromatic N) is 2. The highest BCUT2D eigenvalue weighted by Gasteiger charge is 2.22. The van der Waals surface area contributed by atoms with Gasteiger partial charge in [-0.1, -0.05) is 19.0 Å². The minimum absolute atomic E-state index is 0.222. The average molecular weight is 348 g/mol. The van der Waals surface area contributed by atoms with E-state index in [9.17, 15) is 4.79 Å². The molecule has 1 aromatic heterocycles. The molecule has 0 radical (unpaired) electrons. The standard InChI is InChI=1S/C18H24N2O5/c1-11(2)14-7-12(25-19-14)10-20(3)18(21)13-8-16(23-5)17(24-6)9-15(13)22-4/h7-9,11H,10H2,1-6H3. The first-order valence-corrected chi connectivity index (χ1v) is 7.92.